The molecule has 0 saturated heterocycles. The van der Waals surface area contributed by atoms with E-state index in [-0.39, 0.29) is 4.90 Å². The van der Waals surface area contributed by atoms with Gasteiger partial charge < -0.3 is 5.32 Å². The highest BCUT2D eigenvalue weighted by atomic mass is 32.2. The Hall–Kier alpha value is -0.920. The molecule has 0 aromatic carbocycles. The summed E-state index contributed by atoms with van der Waals surface area (Å²) >= 11 is 0. The minimum atomic E-state index is -3.40. The van der Waals surface area contributed by atoms with E-state index in [1.165, 1.54) is 12.6 Å². The van der Waals surface area contributed by atoms with Gasteiger partial charge in [-0.05, 0) is 31.7 Å². The molecule has 20 heavy (non-hydrogen) atoms. The molecule has 0 radical (unpaired) electrons. The molecule has 1 aromatic rings. The molecule has 0 spiro atoms. The average molecular weight is 300 g/mol. The topological polar surface area (TPSA) is 76.0 Å². The Kier molecular flexibility index (Phi) is 5.56. The highest BCUT2D eigenvalue weighted by Gasteiger charge is 2.22. The molecule has 7 heteroatoms. The molecule has 1 fully saturated rings. The Bertz CT molecular complexity index is 508. The van der Waals surface area contributed by atoms with Crippen LogP contribution in [0.2, 0.25) is 0 Å². The van der Waals surface area contributed by atoms with Gasteiger partial charge >= 0.3 is 0 Å². The van der Waals surface area contributed by atoms with Gasteiger partial charge in [0, 0.05) is 19.3 Å². The predicted molar refractivity (Wildman–Crippen MR) is 77.9 cm³/mol. The Balaban J connectivity index is 1.82. The van der Waals surface area contributed by atoms with Crippen molar-refractivity contribution in [3.63, 3.8) is 0 Å². The fourth-order valence-electron chi connectivity index (χ4n) is 2.11. The first-order valence-corrected chi connectivity index (χ1v) is 8.83. The van der Waals surface area contributed by atoms with Crippen molar-refractivity contribution in [2.45, 2.75) is 44.0 Å². The van der Waals surface area contributed by atoms with Gasteiger partial charge in [0.1, 0.15) is 4.90 Å². The van der Waals surface area contributed by atoms with Crippen LogP contribution in [0.1, 0.15) is 32.6 Å². The van der Waals surface area contributed by atoms with Crippen LogP contribution in [-0.4, -0.2) is 37.8 Å². The average Bonchev–Trinajstić information content (AvgIpc) is 2.82. The minimum absolute atomic E-state index is 0.257. The van der Waals surface area contributed by atoms with Crippen LogP contribution in [0.15, 0.2) is 17.3 Å². The van der Waals surface area contributed by atoms with Crippen molar-refractivity contribution in [1.29, 1.82) is 0 Å². The van der Waals surface area contributed by atoms with Crippen molar-refractivity contribution in [1.82, 2.24) is 19.8 Å². The standard InChI is InChI=1S/C13H24N4O2S/c1-2-6-14-7-8-17-11-13(10-15-17)20(18,19)16-9-12-4-3-5-12/h10-12,14,16H,2-9H2,1H3. The first kappa shape index (κ1) is 15.5. The van der Waals surface area contributed by atoms with Crippen molar-refractivity contribution >= 4 is 10.0 Å². The van der Waals surface area contributed by atoms with E-state index in [0.717, 1.165) is 32.4 Å². The minimum Gasteiger partial charge on any atom is -0.315 e. The molecule has 1 heterocycles. The van der Waals surface area contributed by atoms with Crippen molar-refractivity contribution in [2.24, 2.45) is 5.92 Å². The quantitative estimate of drug-likeness (QED) is 0.666. The summed E-state index contributed by atoms with van der Waals surface area (Å²) in [5, 5.41) is 7.36. The maximum absolute atomic E-state index is 12.1. The summed E-state index contributed by atoms with van der Waals surface area (Å²) in [6, 6.07) is 0. The van der Waals surface area contributed by atoms with Crippen molar-refractivity contribution in [3.8, 4) is 0 Å². The first-order chi connectivity index (χ1) is 9.62. The molecule has 0 amide bonds. The summed E-state index contributed by atoms with van der Waals surface area (Å²) in [6.07, 6.45) is 7.58. The van der Waals surface area contributed by atoms with Crippen LogP contribution >= 0.6 is 0 Å². The lowest BCUT2D eigenvalue weighted by atomic mass is 9.86. The van der Waals surface area contributed by atoms with E-state index in [4.69, 9.17) is 0 Å². The number of hydrogen-bond acceptors (Lipinski definition) is 4. The van der Waals surface area contributed by atoms with E-state index in [0.29, 0.717) is 19.0 Å². The van der Waals surface area contributed by atoms with Gasteiger partial charge in [-0.2, -0.15) is 5.10 Å². The number of nitrogens with zero attached hydrogens (tertiary/aromatic N) is 2. The summed E-state index contributed by atoms with van der Waals surface area (Å²) in [7, 11) is -3.40. The van der Waals surface area contributed by atoms with Crippen molar-refractivity contribution < 1.29 is 8.42 Å². The smallest absolute Gasteiger partial charge is 0.243 e. The van der Waals surface area contributed by atoms with E-state index >= 15 is 0 Å². The third kappa shape index (κ3) is 4.29. The molecule has 0 atom stereocenters. The largest absolute Gasteiger partial charge is 0.315 e. The SMILES string of the molecule is CCCNCCn1cc(S(=O)(=O)NCC2CCC2)cn1. The number of hydrogen-bond donors (Lipinski definition) is 2. The summed E-state index contributed by atoms with van der Waals surface area (Å²) in [4.78, 5) is 0.257. The van der Waals surface area contributed by atoms with Crippen molar-refractivity contribution in [3.05, 3.63) is 12.4 Å². The van der Waals surface area contributed by atoms with Gasteiger partial charge in [-0.1, -0.05) is 13.3 Å². The number of sulfonamides is 1. The molecule has 2 N–H and O–H groups in total. The zero-order chi connectivity index (χ0) is 14.4. The van der Waals surface area contributed by atoms with Crippen LogP contribution in [0.3, 0.4) is 0 Å². The molecule has 1 aliphatic carbocycles. The third-order valence-electron chi connectivity index (χ3n) is 3.65. The van der Waals surface area contributed by atoms with E-state index in [9.17, 15) is 8.42 Å². The highest BCUT2D eigenvalue weighted by molar-refractivity contribution is 7.89. The molecule has 6 nitrogen and oxygen atoms in total. The fraction of sp³-hybridized carbons (Fsp3) is 0.769. The molecule has 114 valence electrons. The highest BCUT2D eigenvalue weighted by Crippen LogP contribution is 2.25. The van der Waals surface area contributed by atoms with Gasteiger partial charge in [-0.3, -0.25) is 4.68 Å². The molecular weight excluding hydrogens is 276 g/mol. The summed E-state index contributed by atoms with van der Waals surface area (Å²) < 4.78 is 28.5. The lowest BCUT2D eigenvalue weighted by Gasteiger charge is -2.25. The summed E-state index contributed by atoms with van der Waals surface area (Å²) in [6.45, 7) is 5.10. The number of rotatable bonds is 9. The lowest BCUT2D eigenvalue weighted by Crippen LogP contribution is -2.32. The van der Waals surface area contributed by atoms with Crippen LogP contribution in [0, 0.1) is 5.92 Å². The van der Waals surface area contributed by atoms with E-state index < -0.39 is 10.0 Å². The van der Waals surface area contributed by atoms with Gasteiger partial charge in [0.15, 0.2) is 0 Å². The van der Waals surface area contributed by atoms with Crippen molar-refractivity contribution in [2.75, 3.05) is 19.6 Å². The van der Waals surface area contributed by atoms with E-state index in [2.05, 4.69) is 22.1 Å². The van der Waals surface area contributed by atoms with Gasteiger partial charge in [0.25, 0.3) is 0 Å². The number of aromatic nitrogens is 2. The maximum Gasteiger partial charge on any atom is 0.243 e. The normalized spacial score (nSPS) is 16.2. The van der Waals surface area contributed by atoms with Crippen LogP contribution in [0.4, 0.5) is 0 Å². The van der Waals surface area contributed by atoms with Gasteiger partial charge in [0.2, 0.25) is 10.0 Å². The Morgan fingerprint density at radius 1 is 1.40 bits per heavy atom. The molecule has 1 aromatic heterocycles. The fourth-order valence-corrected chi connectivity index (χ4v) is 3.18. The van der Waals surface area contributed by atoms with Gasteiger partial charge in [0.05, 0.1) is 12.7 Å². The van der Waals surface area contributed by atoms with Gasteiger partial charge in [-0.15, -0.1) is 0 Å². The lowest BCUT2D eigenvalue weighted by molar-refractivity contribution is 0.316. The van der Waals surface area contributed by atoms with E-state index in [1.807, 2.05) is 0 Å². The zero-order valence-corrected chi connectivity index (χ0v) is 12.8. The van der Waals surface area contributed by atoms with Crippen LogP contribution < -0.4 is 10.0 Å². The van der Waals surface area contributed by atoms with Gasteiger partial charge in [-0.25, -0.2) is 13.1 Å². The number of nitrogens with one attached hydrogen (secondary N) is 2. The monoisotopic (exact) mass is 300 g/mol. The second kappa shape index (κ2) is 7.19. The Labute approximate surface area is 121 Å². The summed E-state index contributed by atoms with van der Waals surface area (Å²) in [5.41, 5.74) is 0. The molecule has 0 bridgehead atoms. The van der Waals surface area contributed by atoms with E-state index in [1.54, 1.807) is 10.9 Å². The molecule has 1 aliphatic rings. The maximum atomic E-state index is 12.1. The zero-order valence-electron chi connectivity index (χ0n) is 12.0. The molecule has 1 saturated carbocycles. The molecule has 0 aliphatic heterocycles. The second-order valence-electron chi connectivity index (χ2n) is 5.34. The van der Waals surface area contributed by atoms with Crippen LogP contribution in [0.5, 0.6) is 0 Å². The third-order valence-corrected chi connectivity index (χ3v) is 5.03. The molecular formula is C13H24N4O2S. The second-order valence-corrected chi connectivity index (χ2v) is 7.10. The first-order valence-electron chi connectivity index (χ1n) is 7.34. The predicted octanol–water partition coefficient (Wildman–Crippen LogP) is 0.961. The molecule has 0 unspecified atom stereocenters. The van der Waals surface area contributed by atoms with Crippen LogP contribution in [-0.2, 0) is 16.6 Å². The summed E-state index contributed by atoms with van der Waals surface area (Å²) in [5.74, 6) is 0.512. The Morgan fingerprint density at radius 3 is 2.85 bits per heavy atom. The molecule has 2 rings (SSSR count). The van der Waals surface area contributed by atoms with Crippen LogP contribution in [0.25, 0.3) is 0 Å². The Morgan fingerprint density at radius 2 is 2.20 bits per heavy atom.